The molecule has 2 rings (SSSR count). The maximum absolute atomic E-state index is 12.1. The molecule has 0 aliphatic heterocycles. The quantitative estimate of drug-likeness (QED) is 0.845. The lowest BCUT2D eigenvalue weighted by atomic mass is 10.0. The largest absolute Gasteiger partial charge is 0.349 e. The van der Waals surface area contributed by atoms with Crippen molar-refractivity contribution in [3.05, 3.63) is 35.9 Å². The summed E-state index contributed by atoms with van der Waals surface area (Å²) in [6.45, 7) is 2.12. The Kier molecular flexibility index (Phi) is 4.18. The van der Waals surface area contributed by atoms with Crippen LogP contribution in [0.25, 0.3) is 0 Å². The van der Waals surface area contributed by atoms with Gasteiger partial charge in [0.2, 0.25) is 5.91 Å². The summed E-state index contributed by atoms with van der Waals surface area (Å²) in [6.07, 6.45) is 5.50. The first-order valence-electron chi connectivity index (χ1n) is 6.66. The molecule has 0 spiro atoms. The topological polar surface area (TPSA) is 29.1 Å². The van der Waals surface area contributed by atoms with E-state index in [4.69, 9.17) is 0 Å². The Balaban J connectivity index is 1.97. The van der Waals surface area contributed by atoms with Crippen LogP contribution < -0.4 is 5.32 Å². The van der Waals surface area contributed by atoms with Gasteiger partial charge in [-0.1, -0.05) is 50.1 Å². The molecule has 1 aliphatic rings. The molecule has 0 radical (unpaired) electrons. The van der Waals surface area contributed by atoms with Crippen molar-refractivity contribution in [2.75, 3.05) is 0 Å². The molecule has 1 amide bonds. The van der Waals surface area contributed by atoms with E-state index in [-0.39, 0.29) is 17.9 Å². The molecule has 0 heterocycles. The van der Waals surface area contributed by atoms with Gasteiger partial charge in [-0.2, -0.15) is 0 Å². The third-order valence-corrected chi connectivity index (χ3v) is 3.65. The highest BCUT2D eigenvalue weighted by atomic mass is 16.1. The highest BCUT2D eigenvalue weighted by Gasteiger charge is 2.24. The summed E-state index contributed by atoms with van der Waals surface area (Å²) in [4.78, 5) is 12.1. The van der Waals surface area contributed by atoms with Crippen LogP contribution >= 0.6 is 0 Å². The molecule has 92 valence electrons. The Morgan fingerprint density at radius 2 is 1.94 bits per heavy atom. The van der Waals surface area contributed by atoms with Crippen molar-refractivity contribution in [1.82, 2.24) is 5.32 Å². The minimum absolute atomic E-state index is 0.171. The van der Waals surface area contributed by atoms with Crippen molar-refractivity contribution in [3.63, 3.8) is 0 Å². The van der Waals surface area contributed by atoms with Crippen LogP contribution in [-0.2, 0) is 4.79 Å². The number of benzene rings is 1. The van der Waals surface area contributed by atoms with Gasteiger partial charge in [0.05, 0.1) is 6.04 Å². The molecule has 1 atom stereocenters. The van der Waals surface area contributed by atoms with Gasteiger partial charge in [-0.15, -0.1) is 0 Å². The molecular weight excluding hydrogens is 210 g/mol. The van der Waals surface area contributed by atoms with Crippen LogP contribution in [-0.4, -0.2) is 5.91 Å². The summed E-state index contributed by atoms with van der Waals surface area (Å²) in [5.74, 6) is 0.506. The third-order valence-electron chi connectivity index (χ3n) is 3.65. The van der Waals surface area contributed by atoms with E-state index < -0.39 is 0 Å². The Morgan fingerprint density at radius 3 is 2.53 bits per heavy atom. The highest BCUT2D eigenvalue weighted by molar-refractivity contribution is 5.79. The zero-order chi connectivity index (χ0) is 12.1. The molecule has 1 fully saturated rings. The number of nitrogens with one attached hydrogen (secondary N) is 1. The summed E-state index contributed by atoms with van der Waals surface area (Å²) in [7, 11) is 0. The van der Waals surface area contributed by atoms with Crippen LogP contribution in [0.4, 0.5) is 0 Å². The summed E-state index contributed by atoms with van der Waals surface area (Å²) >= 11 is 0. The molecule has 1 saturated carbocycles. The van der Waals surface area contributed by atoms with Gasteiger partial charge in [0.15, 0.2) is 0 Å². The lowest BCUT2D eigenvalue weighted by Crippen LogP contribution is -2.32. The Labute approximate surface area is 103 Å². The molecule has 0 unspecified atom stereocenters. The maximum atomic E-state index is 12.1. The number of amides is 1. The average Bonchev–Trinajstić information content (AvgIpc) is 2.90. The van der Waals surface area contributed by atoms with Gasteiger partial charge in [0, 0.05) is 5.92 Å². The Hall–Kier alpha value is -1.31. The van der Waals surface area contributed by atoms with E-state index in [1.54, 1.807) is 0 Å². The van der Waals surface area contributed by atoms with E-state index in [0.29, 0.717) is 0 Å². The molecule has 2 nitrogen and oxygen atoms in total. The van der Waals surface area contributed by atoms with Crippen molar-refractivity contribution in [1.29, 1.82) is 0 Å². The maximum Gasteiger partial charge on any atom is 0.223 e. The van der Waals surface area contributed by atoms with Gasteiger partial charge in [0.25, 0.3) is 0 Å². The molecule has 17 heavy (non-hydrogen) atoms. The van der Waals surface area contributed by atoms with E-state index >= 15 is 0 Å². The first-order valence-corrected chi connectivity index (χ1v) is 6.66. The second-order valence-electron chi connectivity index (χ2n) is 4.86. The van der Waals surface area contributed by atoms with Crippen molar-refractivity contribution < 1.29 is 4.79 Å². The molecule has 0 aromatic heterocycles. The van der Waals surface area contributed by atoms with Gasteiger partial charge < -0.3 is 5.32 Å². The second-order valence-corrected chi connectivity index (χ2v) is 4.86. The molecule has 1 aromatic carbocycles. The zero-order valence-corrected chi connectivity index (χ0v) is 10.5. The zero-order valence-electron chi connectivity index (χ0n) is 10.5. The molecule has 1 N–H and O–H groups in total. The van der Waals surface area contributed by atoms with Crippen LogP contribution in [0.5, 0.6) is 0 Å². The molecule has 0 bridgehead atoms. The predicted octanol–water partition coefficient (Wildman–Crippen LogP) is 3.44. The van der Waals surface area contributed by atoms with E-state index in [2.05, 4.69) is 24.4 Å². The Bertz CT molecular complexity index is 354. The van der Waals surface area contributed by atoms with E-state index in [1.807, 2.05) is 18.2 Å². The van der Waals surface area contributed by atoms with Gasteiger partial charge in [-0.3, -0.25) is 4.79 Å². The second kappa shape index (κ2) is 5.85. The van der Waals surface area contributed by atoms with E-state index in [0.717, 1.165) is 19.3 Å². The normalized spacial score (nSPS) is 17.9. The lowest BCUT2D eigenvalue weighted by molar-refractivity contribution is -0.125. The molecule has 0 saturated heterocycles. The number of carbonyl (C=O) groups excluding carboxylic acids is 1. The first kappa shape index (κ1) is 12.2. The minimum Gasteiger partial charge on any atom is -0.349 e. The summed E-state index contributed by atoms with van der Waals surface area (Å²) in [5, 5.41) is 3.19. The van der Waals surface area contributed by atoms with Crippen molar-refractivity contribution in [3.8, 4) is 0 Å². The summed E-state index contributed by atoms with van der Waals surface area (Å²) < 4.78 is 0. The van der Waals surface area contributed by atoms with Crippen molar-refractivity contribution in [2.24, 2.45) is 5.92 Å². The first-order chi connectivity index (χ1) is 8.31. The monoisotopic (exact) mass is 231 g/mol. The minimum atomic E-state index is 0.171. The average molecular weight is 231 g/mol. The molecular formula is C15H21NO. The van der Waals surface area contributed by atoms with Crippen LogP contribution in [0.15, 0.2) is 30.3 Å². The number of carbonyl (C=O) groups is 1. The number of hydrogen-bond acceptors (Lipinski definition) is 1. The van der Waals surface area contributed by atoms with Crippen LogP contribution in [0.2, 0.25) is 0 Å². The molecule has 1 aromatic rings. The fourth-order valence-electron chi connectivity index (χ4n) is 2.58. The fraction of sp³-hybridized carbons (Fsp3) is 0.533. The summed E-state index contributed by atoms with van der Waals surface area (Å²) in [6, 6.07) is 10.4. The standard InChI is InChI=1S/C15H21NO/c1-2-14(12-8-4-3-5-9-12)16-15(17)13-10-6-7-11-13/h3-5,8-9,13-14H,2,6-7,10-11H2,1H3,(H,16,17)/t14-/m0/s1. The molecule has 2 heteroatoms. The van der Waals surface area contributed by atoms with Gasteiger partial charge >= 0.3 is 0 Å². The van der Waals surface area contributed by atoms with Gasteiger partial charge in [-0.25, -0.2) is 0 Å². The SMILES string of the molecule is CC[C@H](NC(=O)C1CCCC1)c1ccccc1. The smallest absolute Gasteiger partial charge is 0.223 e. The van der Waals surface area contributed by atoms with Crippen LogP contribution in [0.1, 0.15) is 50.6 Å². The van der Waals surface area contributed by atoms with Crippen LogP contribution in [0.3, 0.4) is 0 Å². The third kappa shape index (κ3) is 3.09. The number of rotatable bonds is 4. The highest BCUT2D eigenvalue weighted by Crippen LogP contribution is 2.26. The number of hydrogen-bond donors (Lipinski definition) is 1. The van der Waals surface area contributed by atoms with E-state index in [9.17, 15) is 4.79 Å². The lowest BCUT2D eigenvalue weighted by Gasteiger charge is -2.19. The molecule has 1 aliphatic carbocycles. The fourth-order valence-corrected chi connectivity index (χ4v) is 2.58. The van der Waals surface area contributed by atoms with Crippen LogP contribution in [0, 0.1) is 5.92 Å². The van der Waals surface area contributed by atoms with E-state index in [1.165, 1.54) is 18.4 Å². The Morgan fingerprint density at radius 1 is 1.29 bits per heavy atom. The van der Waals surface area contributed by atoms with Crippen molar-refractivity contribution >= 4 is 5.91 Å². The van der Waals surface area contributed by atoms with Gasteiger partial charge in [0.1, 0.15) is 0 Å². The van der Waals surface area contributed by atoms with Crippen molar-refractivity contribution in [2.45, 2.75) is 45.1 Å². The van der Waals surface area contributed by atoms with Gasteiger partial charge in [-0.05, 0) is 24.8 Å². The predicted molar refractivity (Wildman–Crippen MR) is 69.6 cm³/mol. The summed E-state index contributed by atoms with van der Waals surface area (Å²) in [5.41, 5.74) is 1.21.